The number of guanidine groups is 1. The highest BCUT2D eigenvalue weighted by Crippen LogP contribution is 2.26. The molecule has 1 atom stereocenters. The van der Waals surface area contributed by atoms with Gasteiger partial charge in [0.2, 0.25) is 0 Å². The van der Waals surface area contributed by atoms with Crippen LogP contribution < -0.4 is 15.5 Å². The van der Waals surface area contributed by atoms with Gasteiger partial charge in [-0.25, -0.2) is 8.78 Å². The lowest BCUT2D eigenvalue weighted by Crippen LogP contribution is -2.45. The van der Waals surface area contributed by atoms with Crippen LogP contribution in [0.1, 0.15) is 26.7 Å². The van der Waals surface area contributed by atoms with Crippen LogP contribution in [0.15, 0.2) is 23.2 Å². The molecule has 1 saturated heterocycles. The number of halogens is 2. The van der Waals surface area contributed by atoms with Crippen molar-refractivity contribution in [3.05, 3.63) is 29.8 Å². The largest absolute Gasteiger partial charge is 0.379 e. The normalized spacial score (nSPS) is 18.1. The van der Waals surface area contributed by atoms with Gasteiger partial charge < -0.3 is 20.3 Å². The van der Waals surface area contributed by atoms with Gasteiger partial charge in [-0.2, -0.15) is 0 Å². The van der Waals surface area contributed by atoms with Gasteiger partial charge in [0.15, 0.2) is 5.96 Å². The van der Waals surface area contributed by atoms with Gasteiger partial charge in [-0.15, -0.1) is 0 Å². The van der Waals surface area contributed by atoms with Crippen LogP contribution in [-0.4, -0.2) is 51.4 Å². The van der Waals surface area contributed by atoms with Crippen molar-refractivity contribution in [2.75, 3.05) is 38.2 Å². The summed E-state index contributed by atoms with van der Waals surface area (Å²) < 4.78 is 33.3. The van der Waals surface area contributed by atoms with E-state index in [-0.39, 0.29) is 17.8 Å². The molecule has 0 bridgehead atoms. The van der Waals surface area contributed by atoms with Crippen LogP contribution in [-0.2, 0) is 4.74 Å². The summed E-state index contributed by atoms with van der Waals surface area (Å²) in [7, 11) is 1.71. The Bertz CT molecular complexity index is 560. The summed E-state index contributed by atoms with van der Waals surface area (Å²) >= 11 is 0. The first-order valence-corrected chi connectivity index (χ1v) is 8.79. The highest BCUT2D eigenvalue weighted by Gasteiger charge is 2.27. The van der Waals surface area contributed by atoms with E-state index in [4.69, 9.17) is 4.74 Å². The number of anilines is 1. The van der Waals surface area contributed by atoms with Gasteiger partial charge in [-0.05, 0) is 38.8 Å². The monoisotopic (exact) mass is 354 g/mol. The molecule has 25 heavy (non-hydrogen) atoms. The molecule has 1 fully saturated rings. The fourth-order valence-corrected chi connectivity index (χ4v) is 2.86. The Hall–Kier alpha value is -1.89. The molecule has 1 aliphatic heterocycles. The maximum absolute atomic E-state index is 13.9. The minimum atomic E-state index is -0.520. The predicted molar refractivity (Wildman–Crippen MR) is 97.2 cm³/mol. The first kappa shape index (κ1) is 19.4. The van der Waals surface area contributed by atoms with Crippen molar-refractivity contribution >= 4 is 11.6 Å². The highest BCUT2D eigenvalue weighted by atomic mass is 19.1. The third kappa shape index (κ3) is 5.85. The lowest BCUT2D eigenvalue weighted by atomic mass is 10.2. The molecule has 140 valence electrons. The fraction of sp³-hybridized carbons (Fsp3) is 0.611. The number of nitrogens with one attached hydrogen (secondary N) is 2. The summed E-state index contributed by atoms with van der Waals surface area (Å²) in [6.45, 7) is 6.62. The molecule has 0 spiro atoms. The number of hydrogen-bond acceptors (Lipinski definition) is 3. The Kier molecular flexibility index (Phi) is 7.43. The van der Waals surface area contributed by atoms with Crippen molar-refractivity contribution in [2.24, 2.45) is 4.99 Å². The van der Waals surface area contributed by atoms with Crippen molar-refractivity contribution in [1.82, 2.24) is 10.6 Å². The standard InChI is InChI=1S/C18H28F2N4O/c1-13(2)25-11-5-9-22-18(21-3)23-14-8-10-24(12-14)17-15(19)6-4-7-16(17)20/h4,6-7,13-14H,5,8-12H2,1-3H3,(H2,21,22,23). The van der Waals surface area contributed by atoms with Crippen molar-refractivity contribution in [1.29, 1.82) is 0 Å². The molecule has 1 unspecified atom stereocenters. The maximum Gasteiger partial charge on any atom is 0.191 e. The fourth-order valence-electron chi connectivity index (χ4n) is 2.86. The molecule has 1 aromatic rings. The summed E-state index contributed by atoms with van der Waals surface area (Å²) in [5.41, 5.74) is 0.0561. The average Bonchev–Trinajstić information content (AvgIpc) is 3.01. The molecule has 0 amide bonds. The molecule has 0 saturated carbocycles. The Balaban J connectivity index is 1.79. The summed E-state index contributed by atoms with van der Waals surface area (Å²) in [6.07, 6.45) is 1.92. The second-order valence-electron chi connectivity index (χ2n) is 6.42. The smallest absolute Gasteiger partial charge is 0.191 e. The summed E-state index contributed by atoms with van der Waals surface area (Å²) in [4.78, 5) is 5.95. The van der Waals surface area contributed by atoms with Crippen LogP contribution in [0.25, 0.3) is 0 Å². The van der Waals surface area contributed by atoms with Gasteiger partial charge >= 0.3 is 0 Å². The zero-order valence-electron chi connectivity index (χ0n) is 15.2. The molecular formula is C18H28F2N4O. The lowest BCUT2D eigenvalue weighted by Gasteiger charge is -2.21. The van der Waals surface area contributed by atoms with Crippen LogP contribution in [0.3, 0.4) is 0 Å². The van der Waals surface area contributed by atoms with E-state index >= 15 is 0 Å². The number of ether oxygens (including phenoxy) is 1. The quantitative estimate of drug-likeness (QED) is 0.449. The SMILES string of the molecule is CN=C(NCCCOC(C)C)NC1CCN(c2c(F)cccc2F)C1. The molecule has 0 aromatic heterocycles. The van der Waals surface area contributed by atoms with Gasteiger partial charge in [0.25, 0.3) is 0 Å². The van der Waals surface area contributed by atoms with Crippen LogP contribution in [0, 0.1) is 11.6 Å². The van der Waals surface area contributed by atoms with Gasteiger partial charge in [0.05, 0.1) is 6.10 Å². The van der Waals surface area contributed by atoms with Gasteiger partial charge in [0.1, 0.15) is 17.3 Å². The molecule has 2 N–H and O–H groups in total. The predicted octanol–water partition coefficient (Wildman–Crippen LogP) is 2.52. The number of rotatable bonds is 7. The summed E-state index contributed by atoms with van der Waals surface area (Å²) in [5.74, 6) is -0.341. The second-order valence-corrected chi connectivity index (χ2v) is 6.42. The molecule has 2 rings (SSSR count). The molecule has 1 aliphatic rings. The number of hydrogen-bond donors (Lipinski definition) is 2. The highest BCUT2D eigenvalue weighted by molar-refractivity contribution is 5.80. The van der Waals surface area contributed by atoms with E-state index in [1.807, 2.05) is 13.8 Å². The van der Waals surface area contributed by atoms with Gasteiger partial charge in [-0.3, -0.25) is 4.99 Å². The molecule has 0 aliphatic carbocycles. The minimum Gasteiger partial charge on any atom is -0.379 e. The van der Waals surface area contributed by atoms with E-state index in [9.17, 15) is 8.78 Å². The van der Waals surface area contributed by atoms with E-state index in [0.717, 1.165) is 19.4 Å². The Morgan fingerprint density at radius 1 is 1.36 bits per heavy atom. The molecule has 1 heterocycles. The molecule has 5 nitrogen and oxygen atoms in total. The van der Waals surface area contributed by atoms with Crippen molar-refractivity contribution in [2.45, 2.75) is 38.8 Å². The minimum absolute atomic E-state index is 0.0561. The second kappa shape index (κ2) is 9.56. The Labute approximate surface area is 148 Å². The van der Waals surface area contributed by atoms with Crippen molar-refractivity contribution in [3.8, 4) is 0 Å². The topological polar surface area (TPSA) is 48.9 Å². The van der Waals surface area contributed by atoms with Crippen LogP contribution in [0.4, 0.5) is 14.5 Å². The van der Waals surface area contributed by atoms with Crippen LogP contribution in [0.2, 0.25) is 0 Å². The Morgan fingerprint density at radius 3 is 2.72 bits per heavy atom. The summed E-state index contributed by atoms with van der Waals surface area (Å²) in [5, 5.41) is 6.56. The van der Waals surface area contributed by atoms with Gasteiger partial charge in [-0.1, -0.05) is 6.07 Å². The van der Waals surface area contributed by atoms with E-state index in [1.54, 1.807) is 11.9 Å². The maximum atomic E-state index is 13.9. The molecule has 1 aromatic carbocycles. The zero-order chi connectivity index (χ0) is 18.2. The molecular weight excluding hydrogens is 326 g/mol. The lowest BCUT2D eigenvalue weighted by molar-refractivity contribution is 0.0776. The van der Waals surface area contributed by atoms with Gasteiger partial charge in [0, 0.05) is 39.3 Å². The number of aliphatic imine (C=N–C) groups is 1. The Morgan fingerprint density at radius 2 is 2.08 bits per heavy atom. The number of benzene rings is 1. The van der Waals surface area contributed by atoms with E-state index < -0.39 is 11.6 Å². The third-order valence-corrected chi connectivity index (χ3v) is 4.07. The van der Waals surface area contributed by atoms with Crippen molar-refractivity contribution in [3.63, 3.8) is 0 Å². The van der Waals surface area contributed by atoms with Crippen molar-refractivity contribution < 1.29 is 13.5 Å². The van der Waals surface area contributed by atoms with E-state index in [2.05, 4.69) is 15.6 Å². The first-order valence-electron chi connectivity index (χ1n) is 8.79. The molecule has 7 heteroatoms. The third-order valence-electron chi connectivity index (χ3n) is 4.07. The van der Waals surface area contributed by atoms with Crippen LogP contribution >= 0.6 is 0 Å². The summed E-state index contributed by atoms with van der Waals surface area (Å²) in [6, 6.07) is 4.06. The first-order chi connectivity index (χ1) is 12.0. The average molecular weight is 354 g/mol. The number of nitrogens with zero attached hydrogens (tertiary/aromatic N) is 2. The van der Waals surface area contributed by atoms with E-state index in [1.165, 1.54) is 18.2 Å². The zero-order valence-corrected chi connectivity index (χ0v) is 15.2. The number of para-hydroxylation sites is 1. The van der Waals surface area contributed by atoms with Crippen LogP contribution in [0.5, 0.6) is 0 Å². The van der Waals surface area contributed by atoms with E-state index in [0.29, 0.717) is 25.7 Å². The molecule has 0 radical (unpaired) electrons.